The molecule has 10 nitrogen and oxygen atoms in total. The van der Waals surface area contributed by atoms with Gasteiger partial charge in [0, 0.05) is 56.1 Å². The first-order valence-corrected chi connectivity index (χ1v) is 12.5. The maximum absolute atomic E-state index is 12.2. The number of ether oxygens (including phenoxy) is 3. The average molecular weight is 518 g/mol. The van der Waals surface area contributed by atoms with Gasteiger partial charge in [0.2, 0.25) is 11.8 Å². The first kappa shape index (κ1) is 25.5. The lowest BCUT2D eigenvalue weighted by molar-refractivity contribution is 0.0384. The molecule has 1 fully saturated rings. The first-order valence-electron chi connectivity index (χ1n) is 12.5. The van der Waals surface area contributed by atoms with Gasteiger partial charge in [-0.25, -0.2) is 4.98 Å². The fraction of sp³-hybridized carbons (Fsp3) is 0.321. The molecule has 3 heterocycles. The summed E-state index contributed by atoms with van der Waals surface area (Å²) in [5, 5.41) is 6.63. The van der Waals surface area contributed by atoms with Gasteiger partial charge in [0.1, 0.15) is 22.8 Å². The van der Waals surface area contributed by atoms with Crippen LogP contribution in [0.15, 0.2) is 53.1 Å². The van der Waals surface area contributed by atoms with Crippen LogP contribution in [0.2, 0.25) is 0 Å². The Balaban J connectivity index is 1.29. The Bertz CT molecular complexity index is 1430. The molecule has 1 saturated heterocycles. The van der Waals surface area contributed by atoms with Crippen LogP contribution in [0.4, 0.5) is 11.6 Å². The Morgan fingerprint density at radius 1 is 1.13 bits per heavy atom. The summed E-state index contributed by atoms with van der Waals surface area (Å²) in [6.07, 6.45) is 2.49. The number of morpholine rings is 1. The second-order valence-corrected chi connectivity index (χ2v) is 8.95. The van der Waals surface area contributed by atoms with Gasteiger partial charge in [0.05, 0.1) is 25.9 Å². The van der Waals surface area contributed by atoms with E-state index < -0.39 is 0 Å². The second kappa shape index (κ2) is 11.5. The summed E-state index contributed by atoms with van der Waals surface area (Å²) in [4.78, 5) is 23.4. The van der Waals surface area contributed by atoms with Crippen molar-refractivity contribution in [3.05, 3.63) is 65.5 Å². The molecule has 38 heavy (non-hydrogen) atoms. The Morgan fingerprint density at radius 3 is 2.76 bits per heavy atom. The van der Waals surface area contributed by atoms with E-state index in [1.165, 1.54) is 0 Å². The summed E-state index contributed by atoms with van der Waals surface area (Å²) < 4.78 is 22.8. The predicted octanol–water partition coefficient (Wildman–Crippen LogP) is 4.31. The first-order chi connectivity index (χ1) is 18.5. The quantitative estimate of drug-likeness (QED) is 0.335. The van der Waals surface area contributed by atoms with Crippen LogP contribution in [0, 0.1) is 6.92 Å². The lowest BCUT2D eigenvalue weighted by Gasteiger charge is -2.26. The van der Waals surface area contributed by atoms with E-state index in [1.807, 2.05) is 18.2 Å². The van der Waals surface area contributed by atoms with Gasteiger partial charge in [0.15, 0.2) is 0 Å². The minimum absolute atomic E-state index is 0.191. The van der Waals surface area contributed by atoms with Crippen LogP contribution >= 0.6 is 0 Å². The van der Waals surface area contributed by atoms with Gasteiger partial charge in [-0.3, -0.25) is 9.69 Å². The van der Waals surface area contributed by atoms with Gasteiger partial charge < -0.3 is 29.3 Å². The maximum Gasteiger partial charge on any atom is 0.255 e. The smallest absolute Gasteiger partial charge is 0.255 e. The zero-order chi connectivity index (χ0) is 26.5. The number of carbonyl (C=O) groups is 1. The number of anilines is 2. The van der Waals surface area contributed by atoms with Crippen molar-refractivity contribution in [1.29, 1.82) is 0 Å². The molecule has 2 aromatic carbocycles. The molecule has 5 rings (SSSR count). The summed E-state index contributed by atoms with van der Waals surface area (Å²) in [5.74, 6) is 2.53. The van der Waals surface area contributed by atoms with E-state index in [0.717, 1.165) is 61.7 Å². The van der Waals surface area contributed by atoms with Crippen LogP contribution in [0.1, 0.15) is 21.7 Å². The third-order valence-electron chi connectivity index (χ3n) is 6.48. The van der Waals surface area contributed by atoms with Gasteiger partial charge in [-0.15, -0.1) is 0 Å². The molecule has 4 aromatic rings. The van der Waals surface area contributed by atoms with E-state index in [4.69, 9.17) is 18.6 Å². The number of furan rings is 1. The van der Waals surface area contributed by atoms with E-state index in [2.05, 4.69) is 31.6 Å². The third-order valence-corrected chi connectivity index (χ3v) is 6.48. The number of hydrogen-bond donors (Lipinski definition) is 2. The molecule has 2 aromatic heterocycles. The molecule has 1 amide bonds. The summed E-state index contributed by atoms with van der Waals surface area (Å²) in [5.41, 5.74) is 3.05. The number of carbonyl (C=O) groups excluding carboxylic acids is 1. The molecular formula is C28H31N5O5. The molecule has 0 aliphatic carbocycles. The monoisotopic (exact) mass is 517 g/mol. The number of benzene rings is 2. The van der Waals surface area contributed by atoms with E-state index in [9.17, 15) is 4.79 Å². The molecule has 0 bridgehead atoms. The minimum atomic E-state index is -0.191. The average Bonchev–Trinajstić information content (AvgIpc) is 3.27. The number of nitrogens with one attached hydrogen (secondary N) is 2. The van der Waals surface area contributed by atoms with E-state index >= 15 is 0 Å². The summed E-state index contributed by atoms with van der Waals surface area (Å²) in [7, 11) is 3.28. The maximum atomic E-state index is 12.2. The highest BCUT2D eigenvalue weighted by Crippen LogP contribution is 2.31. The molecule has 0 saturated carbocycles. The van der Waals surface area contributed by atoms with Crippen LogP contribution in [0.25, 0.3) is 11.0 Å². The van der Waals surface area contributed by atoms with Crippen molar-refractivity contribution in [3.8, 4) is 17.4 Å². The number of methoxy groups -OCH3 is 1. The van der Waals surface area contributed by atoms with Crippen molar-refractivity contribution >= 4 is 28.5 Å². The topological polar surface area (TPSA) is 111 Å². The SMILES string of the molecule is CNC(=O)c1c(C)oc2cc(Oc3ccnc(Nc4ccc(OC)c(CCN5CCOCC5)c4)n3)ccc12. The van der Waals surface area contributed by atoms with Gasteiger partial charge in [-0.2, -0.15) is 4.98 Å². The van der Waals surface area contributed by atoms with Crippen molar-refractivity contribution < 1.29 is 23.4 Å². The number of amides is 1. The molecule has 0 radical (unpaired) electrons. The molecule has 0 atom stereocenters. The number of nitrogens with zero attached hydrogens (tertiary/aromatic N) is 3. The Morgan fingerprint density at radius 2 is 1.97 bits per heavy atom. The van der Waals surface area contributed by atoms with Crippen molar-refractivity contribution in [2.75, 3.05) is 52.3 Å². The van der Waals surface area contributed by atoms with Gasteiger partial charge in [-0.05, 0) is 49.2 Å². The highest BCUT2D eigenvalue weighted by Gasteiger charge is 2.18. The van der Waals surface area contributed by atoms with E-state index in [1.54, 1.807) is 45.5 Å². The van der Waals surface area contributed by atoms with Crippen molar-refractivity contribution in [1.82, 2.24) is 20.2 Å². The number of aromatic nitrogens is 2. The number of fused-ring (bicyclic) bond motifs is 1. The normalized spacial score (nSPS) is 13.9. The largest absolute Gasteiger partial charge is 0.496 e. The van der Waals surface area contributed by atoms with Gasteiger partial charge >= 0.3 is 0 Å². The fourth-order valence-electron chi connectivity index (χ4n) is 4.53. The zero-order valence-electron chi connectivity index (χ0n) is 21.7. The molecule has 0 unspecified atom stereocenters. The molecule has 2 N–H and O–H groups in total. The lowest BCUT2D eigenvalue weighted by Crippen LogP contribution is -2.37. The lowest BCUT2D eigenvalue weighted by atomic mass is 10.1. The Labute approximate surface area is 220 Å². The Hall–Kier alpha value is -4.15. The van der Waals surface area contributed by atoms with Crippen LogP contribution < -0.4 is 20.1 Å². The molecule has 1 aliphatic rings. The van der Waals surface area contributed by atoms with E-state index in [0.29, 0.717) is 34.5 Å². The summed E-state index contributed by atoms with van der Waals surface area (Å²) >= 11 is 0. The van der Waals surface area contributed by atoms with Crippen molar-refractivity contribution in [2.45, 2.75) is 13.3 Å². The van der Waals surface area contributed by atoms with E-state index in [-0.39, 0.29) is 5.91 Å². The van der Waals surface area contributed by atoms with Gasteiger partial charge in [-0.1, -0.05) is 0 Å². The highest BCUT2D eigenvalue weighted by atomic mass is 16.5. The predicted molar refractivity (Wildman–Crippen MR) is 144 cm³/mol. The van der Waals surface area contributed by atoms with Crippen molar-refractivity contribution in [3.63, 3.8) is 0 Å². The fourth-order valence-corrected chi connectivity index (χ4v) is 4.53. The van der Waals surface area contributed by atoms with Crippen LogP contribution in [-0.2, 0) is 11.2 Å². The standard InChI is InChI=1S/C28H31N5O5/c1-18-26(27(34)29-2)22-6-5-21(17-24(22)37-18)38-25-8-10-30-28(32-25)31-20-4-7-23(35-3)19(16-20)9-11-33-12-14-36-15-13-33/h4-8,10,16-17H,9,11-15H2,1-3H3,(H,29,34)(H,30,31,32). The number of hydrogen-bond acceptors (Lipinski definition) is 9. The van der Waals surface area contributed by atoms with Crippen LogP contribution in [0.3, 0.4) is 0 Å². The molecule has 198 valence electrons. The molecular weight excluding hydrogens is 486 g/mol. The second-order valence-electron chi connectivity index (χ2n) is 8.95. The molecule has 1 aliphatic heterocycles. The minimum Gasteiger partial charge on any atom is -0.496 e. The van der Waals surface area contributed by atoms with Gasteiger partial charge in [0.25, 0.3) is 5.91 Å². The molecule has 10 heteroatoms. The van der Waals surface area contributed by atoms with Crippen molar-refractivity contribution in [2.24, 2.45) is 0 Å². The molecule has 0 spiro atoms. The Kier molecular flexibility index (Phi) is 7.71. The van der Waals surface area contributed by atoms with Crippen LogP contribution in [-0.4, -0.2) is 67.8 Å². The number of rotatable bonds is 9. The number of aryl methyl sites for hydroxylation is 1. The van der Waals surface area contributed by atoms with Crippen LogP contribution in [0.5, 0.6) is 17.4 Å². The third kappa shape index (κ3) is 5.71. The summed E-state index contributed by atoms with van der Waals surface area (Å²) in [6, 6.07) is 13.0. The highest BCUT2D eigenvalue weighted by molar-refractivity contribution is 6.07. The summed E-state index contributed by atoms with van der Waals surface area (Å²) in [6.45, 7) is 6.15. The zero-order valence-corrected chi connectivity index (χ0v) is 21.7.